The Balaban J connectivity index is 1.99. The minimum atomic E-state index is -0.528. The van der Waals surface area contributed by atoms with E-state index in [1.54, 1.807) is 0 Å². The van der Waals surface area contributed by atoms with E-state index in [9.17, 15) is 9.59 Å². The van der Waals surface area contributed by atoms with E-state index in [1.807, 2.05) is 62.4 Å². The fourth-order valence-electron chi connectivity index (χ4n) is 2.37. The molecule has 0 aliphatic heterocycles. The zero-order chi connectivity index (χ0) is 18.5. The number of para-hydroxylation sites is 2. The van der Waals surface area contributed by atoms with Crippen molar-refractivity contribution in [1.29, 1.82) is 0 Å². The zero-order valence-electron chi connectivity index (χ0n) is 14.5. The summed E-state index contributed by atoms with van der Waals surface area (Å²) in [5, 5.41) is 8.06. The summed E-state index contributed by atoms with van der Waals surface area (Å²) in [4.78, 5) is 24.6. The predicted octanol–water partition coefficient (Wildman–Crippen LogP) is 1.76. The van der Waals surface area contributed by atoms with Gasteiger partial charge in [-0.15, -0.1) is 0 Å². The molecule has 0 fully saturated rings. The van der Waals surface area contributed by atoms with Crippen LogP contribution in [0.4, 0.5) is 11.4 Å². The standard InChI is InChI=1S/C20H18N4O2/c1-13-7-3-5-9-15(13)21-23-17-11-12-18(25)19(20(17)26)24-22-16-10-6-4-8-14(16)2/h3-12,21-22H,1-2H3. The van der Waals surface area contributed by atoms with Gasteiger partial charge >= 0.3 is 0 Å². The molecule has 0 heterocycles. The molecule has 0 unspecified atom stereocenters. The van der Waals surface area contributed by atoms with Crippen molar-refractivity contribution in [3.8, 4) is 0 Å². The van der Waals surface area contributed by atoms with Crippen LogP contribution in [0.15, 0.2) is 80.5 Å². The fourth-order valence-corrected chi connectivity index (χ4v) is 2.37. The summed E-state index contributed by atoms with van der Waals surface area (Å²) in [6.45, 7) is 3.84. The highest BCUT2D eigenvalue weighted by molar-refractivity contribution is 5.50. The van der Waals surface area contributed by atoms with Gasteiger partial charge in [0.1, 0.15) is 5.36 Å². The molecule has 6 heteroatoms. The molecule has 0 atom stereocenters. The highest BCUT2D eigenvalue weighted by Gasteiger charge is 2.02. The van der Waals surface area contributed by atoms with Crippen LogP contribution in [0, 0.1) is 13.8 Å². The summed E-state index contributed by atoms with van der Waals surface area (Å²) in [5.74, 6) is 0. The van der Waals surface area contributed by atoms with E-state index in [1.165, 1.54) is 12.1 Å². The first-order chi connectivity index (χ1) is 12.6. The number of hydrogen-bond donors (Lipinski definition) is 2. The van der Waals surface area contributed by atoms with Crippen molar-refractivity contribution in [3.63, 3.8) is 0 Å². The largest absolute Gasteiger partial charge is 0.287 e. The Morgan fingerprint density at radius 3 is 1.81 bits per heavy atom. The van der Waals surface area contributed by atoms with Crippen LogP contribution in [-0.2, 0) is 0 Å². The summed E-state index contributed by atoms with van der Waals surface area (Å²) >= 11 is 0. The molecular weight excluding hydrogens is 328 g/mol. The van der Waals surface area contributed by atoms with E-state index in [0.29, 0.717) is 0 Å². The van der Waals surface area contributed by atoms with E-state index >= 15 is 0 Å². The Hall–Kier alpha value is -3.54. The average molecular weight is 346 g/mol. The molecule has 26 heavy (non-hydrogen) atoms. The SMILES string of the molecule is Cc1ccccc1NN=c1ccc(=O)c(=NNc2ccccc2C)c1=O. The van der Waals surface area contributed by atoms with Crippen LogP contribution in [0.25, 0.3) is 0 Å². The van der Waals surface area contributed by atoms with Crippen LogP contribution >= 0.6 is 0 Å². The molecule has 6 nitrogen and oxygen atoms in total. The third-order valence-corrected chi connectivity index (χ3v) is 3.95. The second kappa shape index (κ2) is 7.57. The van der Waals surface area contributed by atoms with Gasteiger partial charge in [-0.25, -0.2) is 0 Å². The zero-order valence-corrected chi connectivity index (χ0v) is 14.5. The molecule has 0 aliphatic carbocycles. The molecule has 0 bridgehead atoms. The molecule has 0 amide bonds. The van der Waals surface area contributed by atoms with Crippen molar-refractivity contribution in [1.82, 2.24) is 0 Å². The van der Waals surface area contributed by atoms with Crippen molar-refractivity contribution < 1.29 is 0 Å². The van der Waals surface area contributed by atoms with Crippen molar-refractivity contribution in [2.75, 3.05) is 10.9 Å². The first kappa shape index (κ1) is 17.3. The third kappa shape index (κ3) is 3.75. The first-order valence-corrected chi connectivity index (χ1v) is 8.12. The lowest BCUT2D eigenvalue weighted by atomic mass is 10.2. The number of anilines is 2. The topological polar surface area (TPSA) is 82.9 Å². The molecular formula is C20H18N4O2. The Morgan fingerprint density at radius 2 is 1.23 bits per heavy atom. The van der Waals surface area contributed by atoms with Crippen LogP contribution in [-0.4, -0.2) is 0 Å². The molecule has 0 saturated heterocycles. The van der Waals surface area contributed by atoms with Crippen molar-refractivity contribution in [2.24, 2.45) is 10.2 Å². The maximum atomic E-state index is 12.5. The van der Waals surface area contributed by atoms with Crippen LogP contribution < -0.4 is 32.4 Å². The quantitative estimate of drug-likeness (QED) is 0.705. The van der Waals surface area contributed by atoms with Gasteiger partial charge in [0, 0.05) is 0 Å². The number of nitrogens with zero attached hydrogens (tertiary/aromatic N) is 2. The van der Waals surface area contributed by atoms with Gasteiger partial charge in [-0.2, -0.15) is 10.2 Å². The normalized spacial score (nSPS) is 12.2. The van der Waals surface area contributed by atoms with Crippen molar-refractivity contribution >= 4 is 11.4 Å². The maximum absolute atomic E-state index is 12.5. The number of nitrogens with one attached hydrogen (secondary N) is 2. The predicted molar refractivity (Wildman–Crippen MR) is 102 cm³/mol. The maximum Gasteiger partial charge on any atom is 0.237 e. The van der Waals surface area contributed by atoms with Gasteiger partial charge in [0.15, 0.2) is 5.36 Å². The van der Waals surface area contributed by atoms with E-state index in [0.717, 1.165) is 22.5 Å². The van der Waals surface area contributed by atoms with Gasteiger partial charge < -0.3 is 0 Å². The molecule has 3 aromatic carbocycles. The van der Waals surface area contributed by atoms with E-state index in [2.05, 4.69) is 21.1 Å². The Bertz CT molecular complexity index is 1160. The summed E-state index contributed by atoms with van der Waals surface area (Å²) in [5.41, 5.74) is 8.13. The highest BCUT2D eigenvalue weighted by atomic mass is 16.1. The average Bonchev–Trinajstić information content (AvgIpc) is 2.63. The number of hydrogen-bond acceptors (Lipinski definition) is 6. The molecule has 3 rings (SSSR count). The molecule has 0 saturated carbocycles. The monoisotopic (exact) mass is 346 g/mol. The second-order valence-electron chi connectivity index (χ2n) is 5.84. The molecule has 0 spiro atoms. The fraction of sp³-hybridized carbons (Fsp3) is 0.100. The van der Waals surface area contributed by atoms with Gasteiger partial charge in [0.05, 0.1) is 11.4 Å². The summed E-state index contributed by atoms with van der Waals surface area (Å²) < 4.78 is 0. The van der Waals surface area contributed by atoms with E-state index in [-0.39, 0.29) is 10.7 Å². The minimum absolute atomic E-state index is 0.123. The first-order valence-electron chi connectivity index (χ1n) is 8.12. The minimum Gasteiger partial charge on any atom is -0.287 e. The lowest BCUT2D eigenvalue weighted by Gasteiger charge is -2.03. The molecule has 0 radical (unpaired) electrons. The number of benzene rings is 3. The Labute approximate surface area is 149 Å². The molecule has 3 aromatic rings. The van der Waals surface area contributed by atoms with Gasteiger partial charge in [0.25, 0.3) is 0 Å². The van der Waals surface area contributed by atoms with Crippen LogP contribution in [0.1, 0.15) is 11.1 Å². The summed E-state index contributed by atoms with van der Waals surface area (Å²) in [7, 11) is 0. The molecule has 0 aromatic heterocycles. The smallest absolute Gasteiger partial charge is 0.237 e. The lowest BCUT2D eigenvalue weighted by molar-refractivity contribution is 1.10. The van der Waals surface area contributed by atoms with Gasteiger partial charge in [0.2, 0.25) is 10.9 Å². The number of aryl methyl sites for hydroxylation is 2. The molecule has 2 N–H and O–H groups in total. The van der Waals surface area contributed by atoms with Crippen LogP contribution in [0.3, 0.4) is 0 Å². The third-order valence-electron chi connectivity index (χ3n) is 3.95. The van der Waals surface area contributed by atoms with Gasteiger partial charge in [-0.3, -0.25) is 20.4 Å². The second-order valence-corrected chi connectivity index (χ2v) is 5.84. The molecule has 0 aliphatic rings. The van der Waals surface area contributed by atoms with Crippen LogP contribution in [0.2, 0.25) is 0 Å². The van der Waals surface area contributed by atoms with Crippen molar-refractivity contribution in [3.05, 3.63) is 103 Å². The van der Waals surface area contributed by atoms with E-state index in [4.69, 9.17) is 0 Å². The Kier molecular flexibility index (Phi) is 5.03. The highest BCUT2D eigenvalue weighted by Crippen LogP contribution is 2.12. The summed E-state index contributed by atoms with van der Waals surface area (Å²) in [6.07, 6.45) is 0. The van der Waals surface area contributed by atoms with E-state index < -0.39 is 10.9 Å². The van der Waals surface area contributed by atoms with Gasteiger partial charge in [-0.05, 0) is 49.2 Å². The van der Waals surface area contributed by atoms with Crippen LogP contribution in [0.5, 0.6) is 0 Å². The summed E-state index contributed by atoms with van der Waals surface area (Å²) in [6, 6.07) is 17.7. The van der Waals surface area contributed by atoms with Gasteiger partial charge in [-0.1, -0.05) is 36.4 Å². The Morgan fingerprint density at radius 1 is 0.692 bits per heavy atom. The number of rotatable bonds is 4. The van der Waals surface area contributed by atoms with Crippen molar-refractivity contribution in [2.45, 2.75) is 13.8 Å². The lowest BCUT2D eigenvalue weighted by Crippen LogP contribution is -2.48. The molecule has 130 valence electrons.